The Balaban J connectivity index is 2.72. The van der Waals surface area contributed by atoms with E-state index >= 15 is 0 Å². The molecule has 0 aromatic heterocycles. The van der Waals surface area contributed by atoms with E-state index < -0.39 is 0 Å². The van der Waals surface area contributed by atoms with Gasteiger partial charge in [-0.05, 0) is 19.4 Å². The maximum Gasteiger partial charge on any atom is 0.0766 e. The van der Waals surface area contributed by atoms with Gasteiger partial charge in [0.1, 0.15) is 0 Å². The summed E-state index contributed by atoms with van der Waals surface area (Å²) in [7, 11) is 1.61. The highest BCUT2D eigenvalue weighted by Crippen LogP contribution is 1.77. The van der Waals surface area contributed by atoms with Gasteiger partial charge in [0.25, 0.3) is 0 Å². The monoisotopic (exact) mass is 118 g/mol. The second-order valence-corrected chi connectivity index (χ2v) is 1.95. The Morgan fingerprint density at radius 2 is 2.12 bits per heavy atom. The zero-order chi connectivity index (χ0) is 6.41. The molecule has 50 valence electrons. The predicted octanol–water partition coefficient (Wildman–Crippen LogP) is -1.26. The van der Waals surface area contributed by atoms with Gasteiger partial charge in [-0.15, -0.1) is 0 Å². The summed E-state index contributed by atoms with van der Waals surface area (Å²) in [5.41, 5.74) is 5.20. The first-order valence-corrected chi connectivity index (χ1v) is 2.97. The Kier molecular flexibility index (Phi) is 4.95. The van der Waals surface area contributed by atoms with Crippen LogP contribution in [0.3, 0.4) is 0 Å². The molecule has 3 heteroatoms. The van der Waals surface area contributed by atoms with Crippen molar-refractivity contribution >= 4 is 0 Å². The topological polar surface area (TPSA) is 53.5 Å². The van der Waals surface area contributed by atoms with Gasteiger partial charge in [-0.1, -0.05) is 0 Å². The van der Waals surface area contributed by atoms with E-state index in [-0.39, 0.29) is 5.06 Å². The molecule has 0 aliphatic heterocycles. The fourth-order valence-electron chi connectivity index (χ4n) is 0.518. The normalized spacial score (nSPS) is 13.9. The molecular formula is C5H14N2O. The number of hydrogen-bond donors (Lipinski definition) is 2. The van der Waals surface area contributed by atoms with Crippen molar-refractivity contribution in [1.82, 2.24) is 0 Å². The van der Waals surface area contributed by atoms with Crippen LogP contribution in [0, 0.1) is 5.21 Å². The highest BCUT2D eigenvalue weighted by molar-refractivity contribution is 4.36. The number of hydrogen-bond acceptors (Lipinski definition) is 2. The number of nitrogens with one attached hydrogen (secondary N) is 1. The van der Waals surface area contributed by atoms with Crippen molar-refractivity contribution in [3.63, 3.8) is 0 Å². The molecule has 0 saturated heterocycles. The second kappa shape index (κ2) is 5.03. The number of hydroxylamine groups is 2. The molecule has 0 bridgehead atoms. The highest BCUT2D eigenvalue weighted by Gasteiger charge is 1.86. The molecule has 0 saturated carbocycles. The fraction of sp³-hybridized carbons (Fsp3) is 1.00. The summed E-state index contributed by atoms with van der Waals surface area (Å²) in [6.07, 6.45) is 1.92. The van der Waals surface area contributed by atoms with Gasteiger partial charge in [-0.2, -0.15) is 0 Å². The van der Waals surface area contributed by atoms with E-state index in [9.17, 15) is 5.21 Å². The maximum atomic E-state index is 10.3. The Morgan fingerprint density at radius 3 is 2.50 bits per heavy atom. The zero-order valence-electron chi connectivity index (χ0n) is 5.31. The van der Waals surface area contributed by atoms with Crippen LogP contribution in [-0.4, -0.2) is 20.1 Å². The molecule has 0 rings (SSSR count). The van der Waals surface area contributed by atoms with Crippen molar-refractivity contribution in [2.75, 3.05) is 20.1 Å². The van der Waals surface area contributed by atoms with Crippen LogP contribution >= 0.6 is 0 Å². The average Bonchev–Trinajstić information content (AvgIpc) is 1.66. The quantitative estimate of drug-likeness (QED) is 0.357. The summed E-state index contributed by atoms with van der Waals surface area (Å²) >= 11 is 0. The van der Waals surface area contributed by atoms with Crippen LogP contribution in [0.1, 0.15) is 12.8 Å². The van der Waals surface area contributed by atoms with Crippen LogP contribution in [0.25, 0.3) is 0 Å². The van der Waals surface area contributed by atoms with Crippen molar-refractivity contribution < 1.29 is 5.06 Å². The van der Waals surface area contributed by atoms with Crippen LogP contribution in [-0.2, 0) is 0 Å². The maximum absolute atomic E-state index is 10.3. The van der Waals surface area contributed by atoms with Gasteiger partial charge in [-0.3, -0.25) is 0 Å². The SMILES string of the molecule is C[NH+]([O-])CCCCN. The van der Waals surface area contributed by atoms with Crippen LogP contribution in [0.2, 0.25) is 0 Å². The third-order valence-corrected chi connectivity index (χ3v) is 0.983. The first-order valence-electron chi connectivity index (χ1n) is 2.97. The summed E-state index contributed by atoms with van der Waals surface area (Å²) < 4.78 is 0. The minimum Gasteiger partial charge on any atom is -0.634 e. The van der Waals surface area contributed by atoms with Crippen molar-refractivity contribution in [1.29, 1.82) is 0 Å². The number of rotatable bonds is 4. The molecule has 0 spiro atoms. The predicted molar refractivity (Wildman–Crippen MR) is 33.4 cm³/mol. The largest absolute Gasteiger partial charge is 0.634 e. The molecule has 0 amide bonds. The molecule has 0 aromatic rings. The number of quaternary nitrogens is 1. The second-order valence-electron chi connectivity index (χ2n) is 1.95. The van der Waals surface area contributed by atoms with Gasteiger partial charge in [0.05, 0.1) is 13.6 Å². The van der Waals surface area contributed by atoms with Crippen molar-refractivity contribution in [2.45, 2.75) is 12.8 Å². The molecule has 1 unspecified atom stereocenters. The van der Waals surface area contributed by atoms with E-state index in [4.69, 9.17) is 5.73 Å². The molecule has 0 aromatic carbocycles. The molecule has 8 heavy (non-hydrogen) atoms. The number of nitrogens with two attached hydrogens (primary N) is 1. The van der Waals surface area contributed by atoms with E-state index in [0.717, 1.165) is 12.8 Å². The average molecular weight is 118 g/mol. The van der Waals surface area contributed by atoms with E-state index in [2.05, 4.69) is 0 Å². The molecule has 0 fully saturated rings. The van der Waals surface area contributed by atoms with Gasteiger partial charge < -0.3 is 16.0 Å². The molecule has 0 aliphatic rings. The van der Waals surface area contributed by atoms with Gasteiger partial charge in [0, 0.05) is 0 Å². The van der Waals surface area contributed by atoms with Gasteiger partial charge in [0.15, 0.2) is 0 Å². The van der Waals surface area contributed by atoms with Crippen LogP contribution in [0.4, 0.5) is 0 Å². The van der Waals surface area contributed by atoms with E-state index in [1.807, 2.05) is 0 Å². The molecular weight excluding hydrogens is 104 g/mol. The summed E-state index contributed by atoms with van der Waals surface area (Å²) in [5.74, 6) is 0. The van der Waals surface area contributed by atoms with Crippen LogP contribution in [0.15, 0.2) is 0 Å². The van der Waals surface area contributed by atoms with Gasteiger partial charge >= 0.3 is 0 Å². The van der Waals surface area contributed by atoms with Crippen LogP contribution < -0.4 is 10.8 Å². The van der Waals surface area contributed by atoms with E-state index in [0.29, 0.717) is 13.1 Å². The van der Waals surface area contributed by atoms with E-state index in [1.165, 1.54) is 0 Å². The molecule has 0 heterocycles. The van der Waals surface area contributed by atoms with Gasteiger partial charge in [-0.25, -0.2) is 0 Å². The third kappa shape index (κ3) is 5.88. The Labute approximate surface area is 50.0 Å². The molecule has 0 aliphatic carbocycles. The Bertz CT molecular complexity index is 47.7. The summed E-state index contributed by atoms with van der Waals surface area (Å²) in [5, 5.41) is 10.5. The highest BCUT2D eigenvalue weighted by atomic mass is 16.5. The molecule has 0 radical (unpaired) electrons. The minimum atomic E-state index is 0.262. The first kappa shape index (κ1) is 7.88. The number of unbranched alkanes of at least 4 members (excludes halogenated alkanes) is 1. The van der Waals surface area contributed by atoms with Crippen molar-refractivity contribution in [3.05, 3.63) is 5.21 Å². The van der Waals surface area contributed by atoms with Crippen LogP contribution in [0.5, 0.6) is 0 Å². The molecule has 1 atom stereocenters. The van der Waals surface area contributed by atoms with E-state index in [1.54, 1.807) is 7.05 Å². The Hall–Kier alpha value is -0.120. The lowest BCUT2D eigenvalue weighted by Gasteiger charge is -2.14. The smallest absolute Gasteiger partial charge is 0.0766 e. The summed E-state index contributed by atoms with van der Waals surface area (Å²) in [6, 6.07) is 0. The zero-order valence-corrected chi connectivity index (χ0v) is 5.31. The Morgan fingerprint density at radius 1 is 1.50 bits per heavy atom. The lowest BCUT2D eigenvalue weighted by atomic mass is 10.3. The fourth-order valence-corrected chi connectivity index (χ4v) is 0.518. The minimum absolute atomic E-state index is 0.262. The van der Waals surface area contributed by atoms with Crippen molar-refractivity contribution in [2.24, 2.45) is 5.73 Å². The third-order valence-electron chi connectivity index (χ3n) is 0.983. The lowest BCUT2D eigenvalue weighted by Crippen LogP contribution is -3.03. The van der Waals surface area contributed by atoms with Crippen molar-refractivity contribution in [3.8, 4) is 0 Å². The first-order chi connectivity index (χ1) is 3.77. The standard InChI is InChI=1S/C5H14N2O/c1-7(8)5-3-2-4-6/h7H,2-6H2,1H3. The molecule has 3 N–H and O–H groups in total. The molecule has 3 nitrogen and oxygen atoms in total. The van der Waals surface area contributed by atoms with Gasteiger partial charge in [0.2, 0.25) is 0 Å². The summed E-state index contributed by atoms with van der Waals surface area (Å²) in [4.78, 5) is 0. The lowest BCUT2D eigenvalue weighted by molar-refractivity contribution is -0.826. The summed E-state index contributed by atoms with van der Waals surface area (Å²) in [6.45, 7) is 1.39.